The lowest BCUT2D eigenvalue weighted by atomic mass is 10.1. The molecule has 8 heteroatoms. The van der Waals surface area contributed by atoms with Crippen molar-refractivity contribution in [2.24, 2.45) is 11.8 Å². The van der Waals surface area contributed by atoms with Crippen LogP contribution in [-0.2, 0) is 6.54 Å². The number of amides is 1. The van der Waals surface area contributed by atoms with Crippen molar-refractivity contribution in [1.82, 2.24) is 25.1 Å². The van der Waals surface area contributed by atoms with Gasteiger partial charge in [0, 0.05) is 12.1 Å². The molecule has 172 valence electrons. The van der Waals surface area contributed by atoms with E-state index in [1.807, 2.05) is 36.4 Å². The van der Waals surface area contributed by atoms with Crippen molar-refractivity contribution in [1.29, 1.82) is 0 Å². The maximum absolute atomic E-state index is 12.6. The summed E-state index contributed by atoms with van der Waals surface area (Å²) in [7, 11) is 1.56. The van der Waals surface area contributed by atoms with E-state index in [4.69, 9.17) is 15.6 Å². The summed E-state index contributed by atoms with van der Waals surface area (Å²) in [5.74, 6) is 2.38. The van der Waals surface area contributed by atoms with Crippen molar-refractivity contribution in [3.05, 3.63) is 66.0 Å². The van der Waals surface area contributed by atoms with Crippen molar-refractivity contribution in [3.63, 3.8) is 0 Å². The van der Waals surface area contributed by atoms with Crippen LogP contribution in [-0.4, -0.2) is 32.8 Å². The molecule has 0 radical (unpaired) electrons. The molecule has 2 aromatic heterocycles. The molecule has 0 saturated heterocycles. The highest BCUT2D eigenvalue weighted by atomic mass is 16.5. The van der Waals surface area contributed by atoms with E-state index in [0.717, 1.165) is 40.2 Å². The summed E-state index contributed by atoms with van der Waals surface area (Å²) in [5.41, 5.74) is 10.3. The monoisotopic (exact) mass is 454 g/mol. The number of nitrogen functional groups attached to an aromatic ring is 1. The van der Waals surface area contributed by atoms with Crippen LogP contribution in [0.25, 0.3) is 22.3 Å². The number of para-hydroxylation sites is 1. The smallest absolute Gasteiger partial charge is 0.255 e. The quantitative estimate of drug-likeness (QED) is 0.456. The Hall–Kier alpha value is -3.94. The van der Waals surface area contributed by atoms with Gasteiger partial charge >= 0.3 is 0 Å². The zero-order chi connectivity index (χ0) is 23.2. The SMILES string of the molecule is COc1ccccc1C(=O)NCc1ccc(-c2nn(C3CCC4CC43)c3ncnc(N)c23)cc1. The summed E-state index contributed by atoms with van der Waals surface area (Å²) in [6.07, 6.45) is 5.21. The fourth-order valence-corrected chi connectivity index (χ4v) is 5.30. The van der Waals surface area contributed by atoms with Gasteiger partial charge in [-0.3, -0.25) is 4.79 Å². The van der Waals surface area contributed by atoms with Crippen molar-refractivity contribution < 1.29 is 9.53 Å². The standard InChI is InChI=1S/C26H26N6O2/c1-34-21-5-3-2-4-18(21)26(33)28-13-15-6-8-16(9-7-15)23-22-24(27)29-14-30-25(22)32(31-23)20-11-10-17-12-19(17)20/h2-9,14,17,19-20H,10-13H2,1H3,(H,28,33)(H2,27,29,30). The molecule has 2 aliphatic carbocycles. The number of hydrogen-bond acceptors (Lipinski definition) is 6. The van der Waals surface area contributed by atoms with Crippen molar-refractivity contribution in [2.45, 2.75) is 31.8 Å². The molecule has 3 unspecified atom stereocenters. The Labute approximate surface area is 197 Å². The molecule has 3 N–H and O–H groups in total. The zero-order valence-electron chi connectivity index (χ0n) is 18.9. The highest BCUT2D eigenvalue weighted by Gasteiger charge is 2.49. The molecule has 2 heterocycles. The van der Waals surface area contributed by atoms with E-state index in [0.29, 0.717) is 35.6 Å². The van der Waals surface area contributed by atoms with E-state index in [1.165, 1.54) is 19.2 Å². The highest BCUT2D eigenvalue weighted by Crippen LogP contribution is 2.58. The fourth-order valence-electron chi connectivity index (χ4n) is 5.30. The fraction of sp³-hybridized carbons (Fsp3) is 0.308. The lowest BCUT2D eigenvalue weighted by molar-refractivity contribution is 0.0948. The maximum atomic E-state index is 12.6. The van der Waals surface area contributed by atoms with Gasteiger partial charge < -0.3 is 15.8 Å². The molecule has 0 aliphatic heterocycles. The molecule has 2 saturated carbocycles. The van der Waals surface area contributed by atoms with Gasteiger partial charge in [-0.25, -0.2) is 14.6 Å². The molecule has 1 amide bonds. The largest absolute Gasteiger partial charge is 0.496 e. The minimum absolute atomic E-state index is 0.175. The Kier molecular flexibility index (Phi) is 4.94. The van der Waals surface area contributed by atoms with Crippen LogP contribution in [0.1, 0.15) is 41.2 Å². The van der Waals surface area contributed by atoms with Crippen molar-refractivity contribution in [3.8, 4) is 17.0 Å². The lowest BCUT2D eigenvalue weighted by Gasteiger charge is -2.13. The van der Waals surface area contributed by atoms with Crippen LogP contribution in [0.3, 0.4) is 0 Å². The minimum atomic E-state index is -0.175. The molecule has 34 heavy (non-hydrogen) atoms. The number of ether oxygens (including phenoxy) is 1. The van der Waals surface area contributed by atoms with Gasteiger partial charge in [0.25, 0.3) is 5.91 Å². The molecule has 0 spiro atoms. The average Bonchev–Trinajstić information content (AvgIpc) is 3.36. The number of nitrogens with two attached hydrogens (primary N) is 1. The highest BCUT2D eigenvalue weighted by molar-refractivity contribution is 5.98. The van der Waals surface area contributed by atoms with Crippen LogP contribution in [0.4, 0.5) is 5.82 Å². The van der Waals surface area contributed by atoms with Gasteiger partial charge in [-0.2, -0.15) is 5.10 Å². The number of benzene rings is 2. The molecule has 2 aromatic carbocycles. The van der Waals surface area contributed by atoms with Crippen LogP contribution >= 0.6 is 0 Å². The number of rotatable bonds is 6. The first kappa shape index (κ1) is 20.7. The van der Waals surface area contributed by atoms with Crippen LogP contribution in [0.15, 0.2) is 54.9 Å². The number of nitrogens with zero attached hydrogens (tertiary/aromatic N) is 4. The van der Waals surface area contributed by atoms with Gasteiger partial charge in [-0.15, -0.1) is 0 Å². The zero-order valence-corrected chi connectivity index (χ0v) is 18.9. The number of carbonyl (C=O) groups excluding carboxylic acids is 1. The molecular formula is C26H26N6O2. The Morgan fingerprint density at radius 3 is 2.71 bits per heavy atom. The van der Waals surface area contributed by atoms with E-state index >= 15 is 0 Å². The number of carbonyl (C=O) groups is 1. The molecule has 3 atom stereocenters. The first-order valence-corrected chi connectivity index (χ1v) is 11.6. The molecule has 6 rings (SSSR count). The number of aromatic nitrogens is 4. The lowest BCUT2D eigenvalue weighted by Crippen LogP contribution is -2.23. The summed E-state index contributed by atoms with van der Waals surface area (Å²) >= 11 is 0. The van der Waals surface area contributed by atoms with Crippen LogP contribution in [0.5, 0.6) is 5.75 Å². The Morgan fingerprint density at radius 2 is 1.97 bits per heavy atom. The molecule has 8 nitrogen and oxygen atoms in total. The van der Waals surface area contributed by atoms with Gasteiger partial charge in [0.05, 0.1) is 24.1 Å². The van der Waals surface area contributed by atoms with Crippen LogP contribution in [0.2, 0.25) is 0 Å². The predicted octanol–water partition coefficient (Wildman–Crippen LogP) is 3.99. The number of methoxy groups -OCH3 is 1. The third-order valence-electron chi connectivity index (χ3n) is 7.17. The summed E-state index contributed by atoms with van der Waals surface area (Å²) in [5, 5.41) is 8.76. The van der Waals surface area contributed by atoms with Crippen molar-refractivity contribution >= 4 is 22.8 Å². The summed E-state index contributed by atoms with van der Waals surface area (Å²) < 4.78 is 7.37. The normalized spacial score (nSPS) is 20.8. The van der Waals surface area contributed by atoms with Gasteiger partial charge in [0.15, 0.2) is 5.65 Å². The minimum Gasteiger partial charge on any atom is -0.496 e. The number of nitrogens with one attached hydrogen (secondary N) is 1. The third kappa shape index (κ3) is 3.46. The molecule has 2 aliphatic rings. The Morgan fingerprint density at radius 1 is 1.15 bits per heavy atom. The average molecular weight is 455 g/mol. The Balaban J connectivity index is 1.25. The number of fused-ring (bicyclic) bond motifs is 2. The first-order valence-electron chi connectivity index (χ1n) is 11.6. The molecule has 0 bridgehead atoms. The second-order valence-electron chi connectivity index (χ2n) is 9.13. The van der Waals surface area contributed by atoms with Crippen LogP contribution < -0.4 is 15.8 Å². The second kappa shape index (κ2) is 8.13. The maximum Gasteiger partial charge on any atom is 0.255 e. The van der Waals surface area contributed by atoms with Gasteiger partial charge in [-0.05, 0) is 48.8 Å². The topological polar surface area (TPSA) is 108 Å². The van der Waals surface area contributed by atoms with E-state index in [2.05, 4.69) is 20.0 Å². The van der Waals surface area contributed by atoms with E-state index < -0.39 is 0 Å². The van der Waals surface area contributed by atoms with E-state index in [1.54, 1.807) is 19.2 Å². The van der Waals surface area contributed by atoms with Crippen molar-refractivity contribution in [2.75, 3.05) is 12.8 Å². The summed E-state index contributed by atoms with van der Waals surface area (Å²) in [6.45, 7) is 0.405. The van der Waals surface area contributed by atoms with Crippen LogP contribution in [0, 0.1) is 11.8 Å². The van der Waals surface area contributed by atoms with Gasteiger partial charge in [0.2, 0.25) is 0 Å². The summed E-state index contributed by atoms with van der Waals surface area (Å²) in [4.78, 5) is 21.4. The van der Waals surface area contributed by atoms with E-state index in [9.17, 15) is 4.79 Å². The Bertz CT molecular complexity index is 1380. The predicted molar refractivity (Wildman–Crippen MR) is 129 cm³/mol. The molecule has 2 fully saturated rings. The first-order chi connectivity index (χ1) is 16.6. The van der Waals surface area contributed by atoms with Gasteiger partial charge in [-0.1, -0.05) is 36.4 Å². The third-order valence-corrected chi connectivity index (χ3v) is 7.17. The van der Waals surface area contributed by atoms with Gasteiger partial charge in [0.1, 0.15) is 23.6 Å². The van der Waals surface area contributed by atoms with E-state index in [-0.39, 0.29) is 5.91 Å². The molecular weight excluding hydrogens is 428 g/mol. The number of anilines is 1. The summed E-state index contributed by atoms with van der Waals surface area (Å²) in [6, 6.07) is 15.6. The second-order valence-corrected chi connectivity index (χ2v) is 9.13. The number of hydrogen-bond donors (Lipinski definition) is 2. The molecule has 4 aromatic rings.